The lowest BCUT2D eigenvalue weighted by atomic mass is 10.4. The number of carbonyl (C=O) groups excluding carboxylic acids is 2. The largest absolute Gasteiger partial charge is 0.454 e. The van der Waals surface area contributed by atoms with Crippen molar-refractivity contribution in [2.75, 3.05) is 30.4 Å². The Labute approximate surface area is 173 Å². The van der Waals surface area contributed by atoms with Crippen LogP contribution in [0.25, 0.3) is 5.95 Å². The Morgan fingerprint density at radius 1 is 1.07 bits per heavy atom. The fourth-order valence-corrected chi connectivity index (χ4v) is 2.67. The highest BCUT2D eigenvalue weighted by molar-refractivity contribution is 5.92. The van der Waals surface area contributed by atoms with E-state index in [0.717, 1.165) is 11.4 Å². The second-order valence-corrected chi connectivity index (χ2v) is 6.65. The molecule has 0 radical (unpaired) electrons. The summed E-state index contributed by atoms with van der Waals surface area (Å²) in [5, 5.41) is 7.01. The number of nitrogens with zero attached hydrogens (tertiary/aromatic N) is 7. The van der Waals surface area contributed by atoms with Crippen LogP contribution in [0.15, 0.2) is 30.6 Å². The summed E-state index contributed by atoms with van der Waals surface area (Å²) in [5.41, 5.74) is 2.24. The van der Waals surface area contributed by atoms with Gasteiger partial charge in [-0.15, -0.1) is 0 Å². The van der Waals surface area contributed by atoms with E-state index in [1.165, 1.54) is 9.58 Å². The van der Waals surface area contributed by atoms with Crippen molar-refractivity contribution in [1.29, 1.82) is 0 Å². The summed E-state index contributed by atoms with van der Waals surface area (Å²) < 4.78 is 6.49. The van der Waals surface area contributed by atoms with Crippen LogP contribution in [0.1, 0.15) is 17.1 Å². The van der Waals surface area contributed by atoms with E-state index in [1.54, 1.807) is 38.5 Å². The van der Waals surface area contributed by atoms with E-state index in [1.807, 2.05) is 19.9 Å². The van der Waals surface area contributed by atoms with Gasteiger partial charge in [0.25, 0.3) is 11.9 Å². The van der Waals surface area contributed by atoms with Crippen molar-refractivity contribution in [3.63, 3.8) is 0 Å². The van der Waals surface area contributed by atoms with E-state index in [4.69, 9.17) is 4.74 Å². The van der Waals surface area contributed by atoms with Crippen LogP contribution in [0.2, 0.25) is 0 Å². The number of hydrogen-bond donors (Lipinski definition) is 1. The fraction of sp³-hybridized carbons (Fsp3) is 0.316. The van der Waals surface area contributed by atoms with Crippen molar-refractivity contribution < 1.29 is 14.3 Å². The van der Waals surface area contributed by atoms with Crippen LogP contribution in [0.4, 0.5) is 11.8 Å². The zero-order valence-electron chi connectivity index (χ0n) is 17.2. The number of likely N-dealkylation sites (N-methyl/N-ethyl adjacent to an activating group) is 1. The van der Waals surface area contributed by atoms with Gasteiger partial charge >= 0.3 is 5.97 Å². The third kappa shape index (κ3) is 5.34. The molecule has 0 saturated carbocycles. The molecule has 3 aromatic heterocycles. The van der Waals surface area contributed by atoms with E-state index in [9.17, 15) is 9.59 Å². The van der Waals surface area contributed by atoms with Gasteiger partial charge < -0.3 is 15.0 Å². The summed E-state index contributed by atoms with van der Waals surface area (Å²) in [6.45, 7) is 4.95. The zero-order chi connectivity index (χ0) is 21.7. The number of esters is 1. The molecule has 0 aromatic carbocycles. The molecule has 0 unspecified atom stereocenters. The summed E-state index contributed by atoms with van der Waals surface area (Å²) >= 11 is 0. The quantitative estimate of drug-likeness (QED) is 0.567. The van der Waals surface area contributed by atoms with Crippen molar-refractivity contribution in [3.05, 3.63) is 47.7 Å². The van der Waals surface area contributed by atoms with Gasteiger partial charge in [-0.2, -0.15) is 9.78 Å². The Morgan fingerprint density at radius 3 is 2.40 bits per heavy atom. The van der Waals surface area contributed by atoms with E-state index >= 15 is 0 Å². The average molecular weight is 410 g/mol. The number of aromatic nitrogens is 6. The SMILES string of the molecule is Cc1cc(C)nc(-n2nc(C)cc2NC(=O)COC(=O)CN(C)c2ncccn2)n1. The smallest absolute Gasteiger partial charge is 0.326 e. The van der Waals surface area contributed by atoms with Crippen molar-refractivity contribution >= 4 is 23.6 Å². The number of nitrogens with one attached hydrogen (secondary N) is 1. The Morgan fingerprint density at radius 2 is 1.73 bits per heavy atom. The van der Waals surface area contributed by atoms with E-state index in [-0.39, 0.29) is 6.54 Å². The molecule has 3 rings (SSSR count). The number of amides is 1. The second kappa shape index (κ2) is 9.07. The molecule has 0 atom stereocenters. The van der Waals surface area contributed by atoms with Crippen molar-refractivity contribution in [3.8, 4) is 5.95 Å². The van der Waals surface area contributed by atoms with Gasteiger partial charge in [0.05, 0.1) is 5.69 Å². The van der Waals surface area contributed by atoms with E-state index < -0.39 is 18.5 Å². The van der Waals surface area contributed by atoms with Gasteiger partial charge in [-0.3, -0.25) is 9.59 Å². The molecule has 1 N–H and O–H groups in total. The minimum atomic E-state index is -0.581. The van der Waals surface area contributed by atoms with Gasteiger partial charge in [0.1, 0.15) is 12.4 Å². The molecule has 11 heteroatoms. The van der Waals surface area contributed by atoms with Crippen LogP contribution < -0.4 is 10.2 Å². The molecule has 3 aromatic rings. The fourth-order valence-electron chi connectivity index (χ4n) is 2.67. The molecule has 1 amide bonds. The molecule has 156 valence electrons. The number of ether oxygens (including phenoxy) is 1. The maximum Gasteiger partial charge on any atom is 0.326 e. The highest BCUT2D eigenvalue weighted by atomic mass is 16.5. The Balaban J connectivity index is 1.59. The molecule has 0 bridgehead atoms. The van der Waals surface area contributed by atoms with Crippen LogP contribution in [0, 0.1) is 20.8 Å². The van der Waals surface area contributed by atoms with Crippen LogP contribution in [-0.2, 0) is 14.3 Å². The van der Waals surface area contributed by atoms with Gasteiger partial charge in [0.2, 0.25) is 5.95 Å². The monoisotopic (exact) mass is 410 g/mol. The first-order chi connectivity index (χ1) is 14.3. The maximum absolute atomic E-state index is 12.3. The predicted octanol–water partition coefficient (Wildman–Crippen LogP) is 0.996. The van der Waals surface area contributed by atoms with Crippen LogP contribution in [-0.4, -0.2) is 61.8 Å². The van der Waals surface area contributed by atoms with Gasteiger partial charge in [0.15, 0.2) is 6.61 Å². The zero-order valence-corrected chi connectivity index (χ0v) is 17.2. The first-order valence-electron chi connectivity index (χ1n) is 9.15. The number of anilines is 2. The molecule has 3 heterocycles. The molecular formula is C19H22N8O3. The highest BCUT2D eigenvalue weighted by Gasteiger charge is 2.16. The topological polar surface area (TPSA) is 128 Å². The summed E-state index contributed by atoms with van der Waals surface area (Å²) in [5.74, 6) is 0.0207. The summed E-state index contributed by atoms with van der Waals surface area (Å²) in [4.78, 5) is 42.6. The summed E-state index contributed by atoms with van der Waals surface area (Å²) in [6, 6.07) is 5.20. The third-order valence-corrected chi connectivity index (χ3v) is 3.88. The minimum Gasteiger partial charge on any atom is -0.454 e. The van der Waals surface area contributed by atoms with E-state index in [0.29, 0.717) is 23.4 Å². The molecule has 0 fully saturated rings. The summed E-state index contributed by atoms with van der Waals surface area (Å²) in [6.07, 6.45) is 3.14. The van der Waals surface area contributed by atoms with Crippen molar-refractivity contribution in [2.24, 2.45) is 0 Å². The van der Waals surface area contributed by atoms with Crippen LogP contribution >= 0.6 is 0 Å². The average Bonchev–Trinajstić information content (AvgIpc) is 3.06. The van der Waals surface area contributed by atoms with Crippen LogP contribution in [0.5, 0.6) is 0 Å². The van der Waals surface area contributed by atoms with Crippen molar-refractivity contribution in [2.45, 2.75) is 20.8 Å². The van der Waals surface area contributed by atoms with Crippen LogP contribution in [0.3, 0.4) is 0 Å². The molecule has 0 spiro atoms. The normalized spacial score (nSPS) is 10.5. The minimum absolute atomic E-state index is 0.0925. The molecule has 0 aliphatic heterocycles. The lowest BCUT2D eigenvalue weighted by molar-refractivity contribution is -0.145. The van der Waals surface area contributed by atoms with E-state index in [2.05, 4.69) is 30.4 Å². The van der Waals surface area contributed by atoms with Gasteiger partial charge in [-0.05, 0) is 32.9 Å². The first-order valence-corrected chi connectivity index (χ1v) is 9.15. The number of carbonyl (C=O) groups is 2. The first kappa shape index (κ1) is 20.8. The van der Waals surface area contributed by atoms with Crippen molar-refractivity contribution in [1.82, 2.24) is 29.7 Å². The molecule has 30 heavy (non-hydrogen) atoms. The number of aryl methyl sites for hydroxylation is 3. The Hall–Kier alpha value is -3.89. The predicted molar refractivity (Wildman–Crippen MR) is 108 cm³/mol. The molecular weight excluding hydrogens is 388 g/mol. The number of hydrogen-bond acceptors (Lipinski definition) is 9. The van der Waals surface area contributed by atoms with Gasteiger partial charge in [-0.1, -0.05) is 0 Å². The number of rotatable bonds is 7. The maximum atomic E-state index is 12.3. The molecule has 11 nitrogen and oxygen atoms in total. The molecule has 0 saturated heterocycles. The highest BCUT2D eigenvalue weighted by Crippen LogP contribution is 2.15. The lowest BCUT2D eigenvalue weighted by Gasteiger charge is -2.15. The second-order valence-electron chi connectivity index (χ2n) is 6.65. The summed E-state index contributed by atoms with van der Waals surface area (Å²) in [7, 11) is 1.65. The molecule has 0 aliphatic rings. The van der Waals surface area contributed by atoms with Gasteiger partial charge in [0, 0.05) is 36.9 Å². The lowest BCUT2D eigenvalue weighted by Crippen LogP contribution is -2.31. The molecule has 0 aliphatic carbocycles. The Kier molecular flexibility index (Phi) is 6.30. The standard InChI is InChI=1S/C19H22N8O3/c1-12-8-13(2)23-19(22-12)27-15(9-14(3)25-27)24-16(28)11-30-17(29)10-26(4)18-20-6-5-7-21-18/h5-9H,10-11H2,1-4H3,(H,24,28). The Bertz CT molecular complexity index is 1030. The van der Waals surface area contributed by atoms with Gasteiger partial charge in [-0.25, -0.2) is 19.9 Å². The third-order valence-electron chi connectivity index (χ3n) is 3.88.